The van der Waals surface area contributed by atoms with Gasteiger partial charge in [-0.1, -0.05) is 17.3 Å². The number of hydrogen-bond acceptors (Lipinski definition) is 5. The van der Waals surface area contributed by atoms with Crippen molar-refractivity contribution >= 4 is 22.8 Å². The number of carbonyl (C=O) groups excluding carboxylic acids is 1. The Morgan fingerprint density at radius 1 is 1.29 bits per heavy atom. The van der Waals surface area contributed by atoms with Gasteiger partial charge in [0.05, 0.1) is 5.39 Å². The van der Waals surface area contributed by atoms with Crippen LogP contribution in [0.25, 0.3) is 10.9 Å². The lowest BCUT2D eigenvalue weighted by Gasteiger charge is -2.21. The average molecular weight is 330 g/mol. The van der Waals surface area contributed by atoms with Crippen LogP contribution in [-0.2, 0) is 16.1 Å². The van der Waals surface area contributed by atoms with Gasteiger partial charge in [0.15, 0.2) is 0 Å². The minimum atomic E-state index is -0.961. The number of carbonyl (C=O) groups is 2. The van der Waals surface area contributed by atoms with Crippen LogP contribution in [0.15, 0.2) is 29.1 Å². The topological polar surface area (TPSA) is 105 Å². The molecule has 0 spiro atoms. The monoisotopic (exact) mass is 330 g/mol. The van der Waals surface area contributed by atoms with Gasteiger partial charge in [-0.2, -0.15) is 0 Å². The molecule has 1 aromatic carbocycles. The summed E-state index contributed by atoms with van der Waals surface area (Å²) in [5, 5.41) is 17.5. The lowest BCUT2D eigenvalue weighted by atomic mass is 10.2. The summed E-state index contributed by atoms with van der Waals surface area (Å²) in [6.07, 6.45) is 1.80. The van der Waals surface area contributed by atoms with Gasteiger partial charge in [-0.25, -0.2) is 9.48 Å². The smallest absolute Gasteiger partial charge is 0.326 e. The fourth-order valence-corrected chi connectivity index (χ4v) is 3.02. The Bertz CT molecular complexity index is 832. The van der Waals surface area contributed by atoms with Gasteiger partial charge in [-0.3, -0.25) is 9.59 Å². The van der Waals surface area contributed by atoms with E-state index in [-0.39, 0.29) is 24.4 Å². The Morgan fingerprint density at radius 2 is 2.08 bits per heavy atom. The molecule has 1 atom stereocenters. The molecular formula is C16H18N4O4. The van der Waals surface area contributed by atoms with Gasteiger partial charge in [0.25, 0.3) is 5.56 Å². The molecule has 0 bridgehead atoms. The van der Waals surface area contributed by atoms with Crippen LogP contribution in [0.4, 0.5) is 0 Å². The number of rotatable bonds is 5. The van der Waals surface area contributed by atoms with E-state index in [1.807, 2.05) is 0 Å². The van der Waals surface area contributed by atoms with Crippen molar-refractivity contribution in [1.29, 1.82) is 0 Å². The molecule has 0 aliphatic carbocycles. The van der Waals surface area contributed by atoms with E-state index in [0.29, 0.717) is 36.7 Å². The van der Waals surface area contributed by atoms with E-state index in [0.717, 1.165) is 0 Å². The van der Waals surface area contributed by atoms with Crippen molar-refractivity contribution in [3.63, 3.8) is 0 Å². The van der Waals surface area contributed by atoms with E-state index in [2.05, 4.69) is 10.3 Å². The predicted octanol–water partition coefficient (Wildman–Crippen LogP) is 0.647. The van der Waals surface area contributed by atoms with Crippen molar-refractivity contribution in [2.45, 2.75) is 38.3 Å². The highest BCUT2D eigenvalue weighted by Crippen LogP contribution is 2.18. The molecule has 1 N–H and O–H groups in total. The lowest BCUT2D eigenvalue weighted by Crippen LogP contribution is -2.40. The Balaban J connectivity index is 1.62. The summed E-state index contributed by atoms with van der Waals surface area (Å²) in [7, 11) is 0. The summed E-state index contributed by atoms with van der Waals surface area (Å²) in [5.74, 6) is -1.15. The molecule has 0 unspecified atom stereocenters. The van der Waals surface area contributed by atoms with Gasteiger partial charge >= 0.3 is 5.97 Å². The summed E-state index contributed by atoms with van der Waals surface area (Å²) in [6.45, 7) is 0.750. The van der Waals surface area contributed by atoms with Crippen molar-refractivity contribution in [3.05, 3.63) is 34.6 Å². The maximum absolute atomic E-state index is 12.3. The van der Waals surface area contributed by atoms with Gasteiger partial charge in [-0.05, 0) is 31.4 Å². The zero-order valence-electron chi connectivity index (χ0n) is 13.1. The van der Waals surface area contributed by atoms with Gasteiger partial charge < -0.3 is 10.0 Å². The molecule has 2 aromatic rings. The number of nitrogens with zero attached hydrogens (tertiary/aromatic N) is 4. The van der Waals surface area contributed by atoms with E-state index in [1.165, 1.54) is 9.58 Å². The summed E-state index contributed by atoms with van der Waals surface area (Å²) >= 11 is 0. The molecule has 1 aromatic heterocycles. The quantitative estimate of drug-likeness (QED) is 0.863. The number of aryl methyl sites for hydroxylation is 1. The molecule has 24 heavy (non-hydrogen) atoms. The number of fused-ring (bicyclic) bond motifs is 1. The molecular weight excluding hydrogens is 312 g/mol. The first-order valence-electron chi connectivity index (χ1n) is 7.93. The van der Waals surface area contributed by atoms with E-state index in [4.69, 9.17) is 5.11 Å². The van der Waals surface area contributed by atoms with Crippen LogP contribution in [-0.4, -0.2) is 49.5 Å². The van der Waals surface area contributed by atoms with Crippen LogP contribution in [0, 0.1) is 0 Å². The second kappa shape index (κ2) is 6.77. The number of benzene rings is 1. The summed E-state index contributed by atoms with van der Waals surface area (Å²) in [6, 6.07) is 6.24. The van der Waals surface area contributed by atoms with Gasteiger partial charge in [0.2, 0.25) is 5.91 Å². The largest absolute Gasteiger partial charge is 0.480 e. The van der Waals surface area contributed by atoms with E-state index in [1.54, 1.807) is 24.3 Å². The molecule has 126 valence electrons. The first-order valence-corrected chi connectivity index (χ1v) is 7.93. The predicted molar refractivity (Wildman–Crippen MR) is 85.4 cm³/mol. The highest BCUT2D eigenvalue weighted by atomic mass is 16.4. The van der Waals surface area contributed by atoms with Crippen LogP contribution in [0.2, 0.25) is 0 Å². The number of carboxylic acid groups (broad SMARTS) is 1. The van der Waals surface area contributed by atoms with Gasteiger partial charge in [0.1, 0.15) is 11.6 Å². The van der Waals surface area contributed by atoms with Crippen LogP contribution >= 0.6 is 0 Å². The van der Waals surface area contributed by atoms with Crippen molar-refractivity contribution < 1.29 is 14.7 Å². The molecule has 1 saturated heterocycles. The maximum Gasteiger partial charge on any atom is 0.326 e. The Morgan fingerprint density at radius 3 is 2.88 bits per heavy atom. The second-order valence-electron chi connectivity index (χ2n) is 5.82. The normalized spacial score (nSPS) is 17.3. The highest BCUT2D eigenvalue weighted by Gasteiger charge is 2.33. The van der Waals surface area contributed by atoms with E-state index >= 15 is 0 Å². The average Bonchev–Trinajstić information content (AvgIpc) is 3.07. The van der Waals surface area contributed by atoms with Crippen LogP contribution in [0.3, 0.4) is 0 Å². The molecule has 1 amide bonds. The van der Waals surface area contributed by atoms with Crippen molar-refractivity contribution in [2.24, 2.45) is 0 Å². The van der Waals surface area contributed by atoms with Gasteiger partial charge in [-0.15, -0.1) is 5.10 Å². The molecule has 1 fully saturated rings. The number of likely N-dealkylation sites (tertiary alicyclic amines) is 1. The zero-order valence-corrected chi connectivity index (χ0v) is 13.1. The number of amides is 1. The Labute approximate surface area is 137 Å². The number of aliphatic carboxylic acids is 1. The summed E-state index contributed by atoms with van der Waals surface area (Å²) in [5.41, 5.74) is 0.300. The minimum Gasteiger partial charge on any atom is -0.480 e. The van der Waals surface area contributed by atoms with Crippen LogP contribution < -0.4 is 5.56 Å². The second-order valence-corrected chi connectivity index (χ2v) is 5.82. The standard InChI is InChI=1S/C16H18N4O4/c21-14(19-9-3-7-13(19)16(23)24)8-4-10-20-15(22)11-5-1-2-6-12(11)17-18-20/h1-2,5-6,13H,3-4,7-10H2,(H,23,24)/t13-/m1/s1. The Kier molecular flexibility index (Phi) is 4.54. The van der Waals surface area contributed by atoms with E-state index in [9.17, 15) is 14.4 Å². The minimum absolute atomic E-state index is 0.185. The highest BCUT2D eigenvalue weighted by molar-refractivity contribution is 5.84. The third kappa shape index (κ3) is 3.12. The molecule has 3 rings (SSSR count). The fourth-order valence-electron chi connectivity index (χ4n) is 3.02. The summed E-state index contributed by atoms with van der Waals surface area (Å²) in [4.78, 5) is 37.0. The molecule has 0 saturated carbocycles. The third-order valence-electron chi connectivity index (χ3n) is 4.25. The SMILES string of the molecule is O=C(O)[C@H]1CCCN1C(=O)CCCn1nnc2ccccc2c1=O. The molecule has 0 radical (unpaired) electrons. The number of carboxylic acids is 1. The molecule has 8 heteroatoms. The third-order valence-corrected chi connectivity index (χ3v) is 4.25. The van der Waals surface area contributed by atoms with Gasteiger partial charge in [0, 0.05) is 19.5 Å². The molecule has 1 aliphatic rings. The molecule has 1 aliphatic heterocycles. The number of hydrogen-bond donors (Lipinski definition) is 1. The van der Waals surface area contributed by atoms with Crippen molar-refractivity contribution in [2.75, 3.05) is 6.54 Å². The summed E-state index contributed by atoms with van der Waals surface area (Å²) < 4.78 is 1.24. The van der Waals surface area contributed by atoms with Crippen molar-refractivity contribution in [3.8, 4) is 0 Å². The first kappa shape index (κ1) is 16.1. The van der Waals surface area contributed by atoms with Crippen molar-refractivity contribution in [1.82, 2.24) is 19.9 Å². The Hall–Kier alpha value is -2.77. The van der Waals surface area contributed by atoms with Crippen LogP contribution in [0.5, 0.6) is 0 Å². The number of aromatic nitrogens is 3. The van der Waals surface area contributed by atoms with Crippen LogP contribution in [0.1, 0.15) is 25.7 Å². The maximum atomic E-state index is 12.3. The first-order chi connectivity index (χ1) is 11.6. The van der Waals surface area contributed by atoms with E-state index < -0.39 is 12.0 Å². The zero-order chi connectivity index (χ0) is 17.1. The molecule has 8 nitrogen and oxygen atoms in total. The molecule has 2 heterocycles. The fraction of sp³-hybridized carbons (Fsp3) is 0.438. The lowest BCUT2D eigenvalue weighted by molar-refractivity contribution is -0.148.